The summed E-state index contributed by atoms with van der Waals surface area (Å²) in [5, 5.41) is 0.420. The van der Waals surface area contributed by atoms with Crippen molar-refractivity contribution < 1.29 is 30.7 Å². The Morgan fingerprint density at radius 2 is 1.97 bits per heavy atom. The molecule has 0 aliphatic rings. The largest absolute Gasteiger partial charge is 0.573 e. The Bertz CT molecular complexity index is 1390. The lowest BCUT2D eigenvalue weighted by molar-refractivity contribution is -0.274. The lowest BCUT2D eigenvalue weighted by Crippen LogP contribution is -2.17. The molecule has 0 saturated carbocycles. The highest BCUT2D eigenvalue weighted by molar-refractivity contribution is 7.93. The summed E-state index contributed by atoms with van der Waals surface area (Å²) in [5.74, 6) is -1.40. The number of aromatic nitrogens is 3. The molecular weight excluding hydrogens is 496 g/mol. The average molecular weight is 507 g/mol. The van der Waals surface area contributed by atoms with Crippen molar-refractivity contribution in [1.82, 2.24) is 13.9 Å². The normalized spacial score (nSPS) is 12.3. The molecule has 2 aromatic heterocycles. The number of benzene rings is 2. The minimum absolute atomic E-state index is 0.0112. The molecule has 4 aromatic rings. The Morgan fingerprint density at radius 1 is 1.19 bits per heavy atom. The molecule has 0 bridgehead atoms. The molecule has 0 unspecified atom stereocenters. The molecule has 168 valence electrons. The maximum absolute atomic E-state index is 14.7. The van der Waals surface area contributed by atoms with Gasteiger partial charge in [-0.1, -0.05) is 11.6 Å². The van der Waals surface area contributed by atoms with Gasteiger partial charge in [-0.25, -0.2) is 17.8 Å². The zero-order valence-corrected chi connectivity index (χ0v) is 18.0. The van der Waals surface area contributed by atoms with Crippen molar-refractivity contribution >= 4 is 49.2 Å². The fourth-order valence-electron chi connectivity index (χ4n) is 2.98. The number of sulfonamides is 1. The van der Waals surface area contributed by atoms with Crippen LogP contribution in [0.25, 0.3) is 10.9 Å². The topological polar surface area (TPSA) is 86.1 Å². The summed E-state index contributed by atoms with van der Waals surface area (Å²) >= 11 is 7.00. The maximum atomic E-state index is 14.7. The van der Waals surface area contributed by atoms with Crippen LogP contribution in [0, 0.1) is 5.82 Å². The molecular formula is C18H11ClF4N4O3S2. The predicted molar refractivity (Wildman–Crippen MR) is 110 cm³/mol. The van der Waals surface area contributed by atoms with Crippen molar-refractivity contribution in [3.63, 3.8) is 0 Å². The van der Waals surface area contributed by atoms with Crippen molar-refractivity contribution in [2.75, 3.05) is 4.72 Å². The Hall–Kier alpha value is -2.90. The van der Waals surface area contributed by atoms with Gasteiger partial charge < -0.3 is 9.30 Å². The molecule has 0 radical (unpaired) electrons. The highest BCUT2D eigenvalue weighted by atomic mass is 35.5. The van der Waals surface area contributed by atoms with Crippen molar-refractivity contribution in [1.29, 1.82) is 0 Å². The fourth-order valence-corrected chi connectivity index (χ4v) is 5.02. The van der Waals surface area contributed by atoms with E-state index in [0.717, 1.165) is 36.1 Å². The standard InChI is InChI=1S/C18H11ClF4N4O3S2/c19-13-7-16(32(28,29)26-17-24-9-25-31-17)14(20)6-11(13)8-27-4-3-10-5-12(1-2-15(10)27)30-18(21,22)23/h1-7,9H,8H2,(H,24,25,26). The summed E-state index contributed by atoms with van der Waals surface area (Å²) in [6.07, 6.45) is -2.08. The Labute approximate surface area is 187 Å². The quantitative estimate of drug-likeness (QED) is 0.371. The third-order valence-corrected chi connectivity index (χ3v) is 6.71. The first kappa shape index (κ1) is 22.3. The summed E-state index contributed by atoms with van der Waals surface area (Å²) in [5.41, 5.74) is 0.817. The molecule has 0 spiro atoms. The van der Waals surface area contributed by atoms with Crippen LogP contribution < -0.4 is 9.46 Å². The van der Waals surface area contributed by atoms with Crippen LogP contribution in [0.15, 0.2) is 53.8 Å². The Morgan fingerprint density at radius 3 is 2.66 bits per heavy atom. The van der Waals surface area contributed by atoms with E-state index in [9.17, 15) is 26.0 Å². The smallest absolute Gasteiger partial charge is 0.406 e. The number of alkyl halides is 3. The molecule has 14 heteroatoms. The molecule has 32 heavy (non-hydrogen) atoms. The zero-order chi connectivity index (χ0) is 23.1. The van der Waals surface area contributed by atoms with Gasteiger partial charge in [0, 0.05) is 40.2 Å². The summed E-state index contributed by atoms with van der Waals surface area (Å²) in [6, 6.07) is 7.33. The molecule has 0 aliphatic carbocycles. The second kappa shape index (κ2) is 8.22. The van der Waals surface area contributed by atoms with Crippen LogP contribution in [0.5, 0.6) is 5.75 Å². The summed E-state index contributed by atoms with van der Waals surface area (Å²) in [7, 11) is -4.28. The van der Waals surface area contributed by atoms with E-state index in [0.29, 0.717) is 10.9 Å². The number of fused-ring (bicyclic) bond motifs is 1. The van der Waals surface area contributed by atoms with Gasteiger partial charge in [0.2, 0.25) is 5.13 Å². The van der Waals surface area contributed by atoms with Crippen LogP contribution in [0.2, 0.25) is 5.02 Å². The van der Waals surface area contributed by atoms with Crippen LogP contribution in [-0.2, 0) is 16.6 Å². The molecule has 4 rings (SSSR count). The first-order chi connectivity index (χ1) is 15.0. The van der Waals surface area contributed by atoms with Crippen LogP contribution in [0.3, 0.4) is 0 Å². The van der Waals surface area contributed by atoms with E-state index in [-0.39, 0.29) is 28.0 Å². The number of anilines is 1. The van der Waals surface area contributed by atoms with Gasteiger partial charge in [0.25, 0.3) is 10.0 Å². The zero-order valence-electron chi connectivity index (χ0n) is 15.6. The number of halogens is 5. The average Bonchev–Trinajstić information content (AvgIpc) is 3.32. The van der Waals surface area contributed by atoms with Crippen molar-refractivity contribution in [2.45, 2.75) is 17.8 Å². The lowest BCUT2D eigenvalue weighted by atomic mass is 10.2. The number of nitrogens with one attached hydrogen (secondary N) is 1. The minimum atomic E-state index is -4.81. The SMILES string of the molecule is O=S(=O)(Nc1ncns1)c1cc(Cl)c(Cn2ccc3cc(OC(F)(F)F)ccc32)cc1F. The number of nitrogens with zero attached hydrogens (tertiary/aromatic N) is 3. The summed E-state index contributed by atoms with van der Waals surface area (Å²) < 4.78 is 88.1. The van der Waals surface area contributed by atoms with E-state index in [1.54, 1.807) is 16.8 Å². The Balaban J connectivity index is 1.61. The summed E-state index contributed by atoms with van der Waals surface area (Å²) in [4.78, 5) is 3.03. The second-order valence-corrected chi connectivity index (χ2v) is 9.28. The molecule has 0 aliphatic heterocycles. The van der Waals surface area contributed by atoms with E-state index >= 15 is 0 Å². The van der Waals surface area contributed by atoms with Crippen LogP contribution in [-0.4, -0.2) is 28.7 Å². The van der Waals surface area contributed by atoms with E-state index in [1.165, 1.54) is 12.1 Å². The number of hydrogen-bond donors (Lipinski definition) is 1. The van der Waals surface area contributed by atoms with Crippen molar-refractivity contribution in [2.24, 2.45) is 0 Å². The van der Waals surface area contributed by atoms with Gasteiger partial charge in [-0.05, 0) is 42.0 Å². The molecule has 1 N–H and O–H groups in total. The molecule has 2 heterocycles. The first-order valence-electron chi connectivity index (χ1n) is 8.64. The number of ether oxygens (including phenoxy) is 1. The molecule has 0 fully saturated rings. The van der Waals surface area contributed by atoms with E-state index in [2.05, 4.69) is 18.8 Å². The van der Waals surface area contributed by atoms with Gasteiger partial charge in [0.05, 0.1) is 0 Å². The fraction of sp³-hybridized carbons (Fsp3) is 0.111. The monoisotopic (exact) mass is 506 g/mol. The third kappa shape index (κ3) is 4.79. The predicted octanol–water partition coefficient (Wildman–Crippen LogP) is 5.03. The van der Waals surface area contributed by atoms with E-state index in [1.807, 2.05) is 0 Å². The van der Waals surface area contributed by atoms with Gasteiger partial charge in [-0.2, -0.15) is 4.37 Å². The first-order valence-corrected chi connectivity index (χ1v) is 11.3. The highest BCUT2D eigenvalue weighted by Crippen LogP contribution is 2.30. The van der Waals surface area contributed by atoms with Gasteiger partial charge in [-0.3, -0.25) is 4.72 Å². The van der Waals surface area contributed by atoms with Gasteiger partial charge in [0.15, 0.2) is 0 Å². The van der Waals surface area contributed by atoms with Crippen molar-refractivity contribution in [3.05, 3.63) is 65.3 Å². The third-order valence-electron chi connectivity index (χ3n) is 4.29. The molecule has 0 atom stereocenters. The van der Waals surface area contributed by atoms with Crippen LogP contribution in [0.1, 0.15) is 5.56 Å². The maximum Gasteiger partial charge on any atom is 0.573 e. The van der Waals surface area contributed by atoms with Crippen LogP contribution >= 0.6 is 23.1 Å². The van der Waals surface area contributed by atoms with Crippen molar-refractivity contribution in [3.8, 4) is 5.75 Å². The minimum Gasteiger partial charge on any atom is -0.406 e. The molecule has 0 saturated heterocycles. The molecule has 2 aromatic carbocycles. The highest BCUT2D eigenvalue weighted by Gasteiger charge is 2.31. The number of rotatable bonds is 6. The van der Waals surface area contributed by atoms with Gasteiger partial charge in [-0.15, -0.1) is 13.2 Å². The summed E-state index contributed by atoms with van der Waals surface area (Å²) in [6.45, 7) is 0.0445. The Kier molecular flexibility index (Phi) is 5.73. The second-order valence-electron chi connectivity index (χ2n) is 6.44. The number of hydrogen-bond acceptors (Lipinski definition) is 6. The van der Waals surface area contributed by atoms with E-state index in [4.69, 9.17) is 11.6 Å². The van der Waals surface area contributed by atoms with Crippen LogP contribution in [0.4, 0.5) is 22.7 Å². The molecule has 7 nitrogen and oxygen atoms in total. The lowest BCUT2D eigenvalue weighted by Gasteiger charge is -2.12. The van der Waals surface area contributed by atoms with E-state index < -0.39 is 27.1 Å². The van der Waals surface area contributed by atoms with Gasteiger partial charge in [0.1, 0.15) is 22.8 Å². The molecule has 0 amide bonds. The van der Waals surface area contributed by atoms with Gasteiger partial charge >= 0.3 is 6.36 Å².